The van der Waals surface area contributed by atoms with E-state index < -0.39 is 0 Å². The van der Waals surface area contributed by atoms with Crippen molar-refractivity contribution in [1.29, 1.82) is 0 Å². The summed E-state index contributed by atoms with van der Waals surface area (Å²) >= 11 is 0. The molecule has 1 fully saturated rings. The van der Waals surface area contributed by atoms with Crippen LogP contribution in [0.15, 0.2) is 29.3 Å². The van der Waals surface area contributed by atoms with Gasteiger partial charge in [0.25, 0.3) is 5.91 Å². The van der Waals surface area contributed by atoms with Gasteiger partial charge in [-0.05, 0) is 37.0 Å². The minimum atomic E-state index is -0.0660. The number of nitrogens with zero attached hydrogens (tertiary/aromatic N) is 1. The van der Waals surface area contributed by atoms with Gasteiger partial charge in [0, 0.05) is 46.0 Å². The van der Waals surface area contributed by atoms with Gasteiger partial charge in [0.1, 0.15) is 0 Å². The Morgan fingerprint density at radius 1 is 1.35 bits per heavy atom. The van der Waals surface area contributed by atoms with Gasteiger partial charge in [-0.25, -0.2) is 0 Å². The number of amides is 1. The monoisotopic (exact) mass is 362 g/mol. The van der Waals surface area contributed by atoms with E-state index in [-0.39, 0.29) is 12.0 Å². The van der Waals surface area contributed by atoms with E-state index in [2.05, 4.69) is 20.9 Å². The summed E-state index contributed by atoms with van der Waals surface area (Å²) in [6.45, 7) is 3.81. The summed E-state index contributed by atoms with van der Waals surface area (Å²) in [4.78, 5) is 15.9. The first kappa shape index (κ1) is 20.2. The second kappa shape index (κ2) is 11.5. The molecule has 1 aliphatic heterocycles. The Hall–Kier alpha value is -2.12. The summed E-state index contributed by atoms with van der Waals surface area (Å²) in [5, 5.41) is 9.22. The van der Waals surface area contributed by atoms with Crippen LogP contribution in [0.25, 0.3) is 0 Å². The molecule has 1 aromatic rings. The quantitative estimate of drug-likeness (QED) is 0.346. The van der Waals surface area contributed by atoms with Crippen molar-refractivity contribution in [3.8, 4) is 0 Å². The molecule has 1 saturated heterocycles. The van der Waals surface area contributed by atoms with E-state index in [0.29, 0.717) is 5.56 Å². The van der Waals surface area contributed by atoms with Crippen LogP contribution in [0.1, 0.15) is 28.8 Å². The number of guanidine groups is 1. The maximum atomic E-state index is 11.7. The largest absolute Gasteiger partial charge is 0.379 e. The highest BCUT2D eigenvalue weighted by Crippen LogP contribution is 2.08. The van der Waals surface area contributed by atoms with Crippen LogP contribution in [0.5, 0.6) is 0 Å². The van der Waals surface area contributed by atoms with Crippen LogP contribution in [0.2, 0.25) is 0 Å². The van der Waals surface area contributed by atoms with E-state index in [9.17, 15) is 4.79 Å². The molecular weight excluding hydrogens is 332 g/mol. The molecule has 26 heavy (non-hydrogen) atoms. The fraction of sp³-hybridized carbons (Fsp3) is 0.579. The van der Waals surface area contributed by atoms with Crippen LogP contribution in [-0.4, -0.2) is 65.0 Å². The molecule has 0 saturated carbocycles. The van der Waals surface area contributed by atoms with E-state index >= 15 is 0 Å². The average Bonchev–Trinajstić information content (AvgIpc) is 3.19. The molecule has 0 spiro atoms. The second-order valence-corrected chi connectivity index (χ2v) is 6.17. The lowest BCUT2D eigenvalue weighted by Gasteiger charge is -2.13. The fourth-order valence-electron chi connectivity index (χ4n) is 2.73. The average molecular weight is 362 g/mol. The summed E-state index contributed by atoms with van der Waals surface area (Å²) in [6.07, 6.45) is 3.00. The minimum absolute atomic E-state index is 0.0660. The lowest BCUT2D eigenvalue weighted by Crippen LogP contribution is -2.39. The summed E-state index contributed by atoms with van der Waals surface area (Å²) in [6, 6.07) is 7.66. The summed E-state index contributed by atoms with van der Waals surface area (Å²) < 4.78 is 11.0. The standard InChI is InChI=1S/C19H30N4O3/c1-20-18(24)16-6-3-5-15(13-16)7-10-23-19(21-2)22-9-4-11-26-17-8-12-25-14-17/h3,5-6,13,17H,4,7-12,14H2,1-2H3,(H,20,24)(H2,21,22,23). The molecule has 144 valence electrons. The highest BCUT2D eigenvalue weighted by Gasteiger charge is 2.15. The predicted octanol–water partition coefficient (Wildman–Crippen LogP) is 0.949. The van der Waals surface area contributed by atoms with Gasteiger partial charge < -0.3 is 25.4 Å². The third-order valence-electron chi connectivity index (χ3n) is 4.20. The Bertz CT molecular complexity index is 586. The smallest absolute Gasteiger partial charge is 0.251 e. The lowest BCUT2D eigenvalue weighted by atomic mass is 10.1. The topological polar surface area (TPSA) is 84.0 Å². The SMILES string of the molecule is CN=C(NCCCOC1CCOC1)NCCc1cccc(C(=O)NC)c1. The number of carbonyl (C=O) groups excluding carboxylic acids is 1. The molecular formula is C19H30N4O3. The van der Waals surface area contributed by atoms with Crippen molar-refractivity contribution in [2.75, 3.05) is 47.0 Å². The summed E-state index contributed by atoms with van der Waals surface area (Å²) in [5.41, 5.74) is 1.79. The molecule has 3 N–H and O–H groups in total. The molecule has 0 bridgehead atoms. The molecule has 1 heterocycles. The van der Waals surface area contributed by atoms with E-state index in [4.69, 9.17) is 9.47 Å². The maximum Gasteiger partial charge on any atom is 0.251 e. The molecule has 1 aromatic carbocycles. The molecule has 2 rings (SSSR count). The molecule has 1 unspecified atom stereocenters. The van der Waals surface area contributed by atoms with Crippen LogP contribution in [0.4, 0.5) is 0 Å². The number of rotatable bonds is 9. The number of hydrogen-bond acceptors (Lipinski definition) is 4. The van der Waals surface area contributed by atoms with Crippen LogP contribution < -0.4 is 16.0 Å². The van der Waals surface area contributed by atoms with Gasteiger partial charge in [-0.3, -0.25) is 9.79 Å². The number of aliphatic imine (C=N–C) groups is 1. The van der Waals surface area contributed by atoms with E-state index in [0.717, 1.165) is 63.7 Å². The van der Waals surface area contributed by atoms with Crippen molar-refractivity contribution >= 4 is 11.9 Å². The lowest BCUT2D eigenvalue weighted by molar-refractivity contribution is 0.0420. The first-order valence-corrected chi connectivity index (χ1v) is 9.18. The molecule has 1 amide bonds. The second-order valence-electron chi connectivity index (χ2n) is 6.17. The van der Waals surface area contributed by atoms with Crippen molar-refractivity contribution in [2.45, 2.75) is 25.4 Å². The van der Waals surface area contributed by atoms with Crippen LogP contribution in [-0.2, 0) is 15.9 Å². The molecule has 7 heteroatoms. The Balaban J connectivity index is 1.61. The molecule has 1 aliphatic rings. The first-order chi connectivity index (χ1) is 12.7. The normalized spacial score (nSPS) is 17.2. The molecule has 0 aromatic heterocycles. The Labute approximate surface area is 155 Å². The van der Waals surface area contributed by atoms with Gasteiger partial charge in [-0.1, -0.05) is 12.1 Å². The number of nitrogens with one attached hydrogen (secondary N) is 3. The van der Waals surface area contributed by atoms with Crippen molar-refractivity contribution in [1.82, 2.24) is 16.0 Å². The van der Waals surface area contributed by atoms with E-state index in [1.807, 2.05) is 24.3 Å². The minimum Gasteiger partial charge on any atom is -0.379 e. The van der Waals surface area contributed by atoms with Crippen molar-refractivity contribution in [2.24, 2.45) is 4.99 Å². The Morgan fingerprint density at radius 3 is 2.92 bits per heavy atom. The molecule has 7 nitrogen and oxygen atoms in total. The highest BCUT2D eigenvalue weighted by atomic mass is 16.5. The predicted molar refractivity (Wildman–Crippen MR) is 103 cm³/mol. The molecule has 0 radical (unpaired) electrons. The van der Waals surface area contributed by atoms with Crippen LogP contribution >= 0.6 is 0 Å². The zero-order valence-corrected chi connectivity index (χ0v) is 15.7. The van der Waals surface area contributed by atoms with Gasteiger partial charge >= 0.3 is 0 Å². The maximum absolute atomic E-state index is 11.7. The van der Waals surface area contributed by atoms with Crippen LogP contribution in [0.3, 0.4) is 0 Å². The van der Waals surface area contributed by atoms with Crippen LogP contribution in [0, 0.1) is 0 Å². The van der Waals surface area contributed by atoms with E-state index in [1.165, 1.54) is 0 Å². The summed E-state index contributed by atoms with van der Waals surface area (Å²) in [7, 11) is 3.40. The van der Waals surface area contributed by atoms with Gasteiger partial charge in [0.2, 0.25) is 0 Å². The third-order valence-corrected chi connectivity index (χ3v) is 4.20. The number of benzene rings is 1. The zero-order valence-electron chi connectivity index (χ0n) is 15.7. The van der Waals surface area contributed by atoms with Gasteiger partial charge in [0.15, 0.2) is 5.96 Å². The van der Waals surface area contributed by atoms with Crippen molar-refractivity contribution < 1.29 is 14.3 Å². The van der Waals surface area contributed by atoms with E-state index in [1.54, 1.807) is 14.1 Å². The Kier molecular flexibility index (Phi) is 8.92. The molecule has 0 aliphatic carbocycles. The van der Waals surface area contributed by atoms with Crippen molar-refractivity contribution in [3.05, 3.63) is 35.4 Å². The highest BCUT2D eigenvalue weighted by molar-refractivity contribution is 5.94. The summed E-state index contributed by atoms with van der Waals surface area (Å²) in [5.74, 6) is 0.709. The zero-order chi connectivity index (χ0) is 18.6. The third kappa shape index (κ3) is 7.01. The molecule has 1 atom stereocenters. The first-order valence-electron chi connectivity index (χ1n) is 9.18. The number of ether oxygens (including phenoxy) is 2. The van der Waals surface area contributed by atoms with Gasteiger partial charge in [0.05, 0.1) is 12.7 Å². The van der Waals surface area contributed by atoms with Gasteiger partial charge in [-0.15, -0.1) is 0 Å². The van der Waals surface area contributed by atoms with Gasteiger partial charge in [-0.2, -0.15) is 0 Å². The number of hydrogen-bond donors (Lipinski definition) is 3. The Morgan fingerprint density at radius 2 is 2.19 bits per heavy atom. The van der Waals surface area contributed by atoms with Crippen molar-refractivity contribution in [3.63, 3.8) is 0 Å². The number of carbonyl (C=O) groups is 1. The fourth-order valence-corrected chi connectivity index (χ4v) is 2.73.